The molecular formula is C20H28BO6. The van der Waals surface area contributed by atoms with Crippen LogP contribution >= 0.6 is 0 Å². The maximum Gasteiger partial charge on any atom is 0.310 e. The number of aliphatic hydroxyl groups excluding tert-OH is 1. The molecule has 0 aliphatic heterocycles. The van der Waals surface area contributed by atoms with Crippen molar-refractivity contribution in [3.05, 3.63) is 42.0 Å². The van der Waals surface area contributed by atoms with E-state index in [-0.39, 0.29) is 21.6 Å². The Morgan fingerprint density at radius 2 is 1.70 bits per heavy atom. The highest BCUT2D eigenvalue weighted by molar-refractivity contribution is 5.81. The summed E-state index contributed by atoms with van der Waals surface area (Å²) < 4.78 is 10.6. The first kappa shape index (κ1) is 24.7. The number of aliphatic carboxylic acids is 1. The van der Waals surface area contributed by atoms with Gasteiger partial charge in [0.05, 0.1) is 11.8 Å². The van der Waals surface area contributed by atoms with E-state index < -0.39 is 29.9 Å². The molecule has 1 aromatic carbocycles. The lowest BCUT2D eigenvalue weighted by Gasteiger charge is -2.24. The van der Waals surface area contributed by atoms with Crippen molar-refractivity contribution in [3.63, 3.8) is 0 Å². The Morgan fingerprint density at radius 1 is 1.11 bits per heavy atom. The molecule has 6 nitrogen and oxygen atoms in total. The van der Waals surface area contributed by atoms with Crippen LogP contribution in [0.2, 0.25) is 0 Å². The largest absolute Gasteiger partial charge is 0.490 e. The summed E-state index contributed by atoms with van der Waals surface area (Å²) in [6, 6.07) is 7.40. The molecule has 0 saturated heterocycles. The first-order valence-electron chi connectivity index (χ1n) is 8.90. The standard InChI is InChI=1S/C18H22O6.C2H6.B/c1-12-6-2-5-9-16(12)23-10-13(19)11-24-18(22)15-8-4-3-7-14(15)17(20)21;1-2;/h2-6,9,13-15,19H,7-8,10-11H2,1H3,(H,20,21);1-2H3;. The highest BCUT2D eigenvalue weighted by Gasteiger charge is 2.35. The van der Waals surface area contributed by atoms with Gasteiger partial charge < -0.3 is 19.7 Å². The molecule has 0 bridgehead atoms. The van der Waals surface area contributed by atoms with Crippen molar-refractivity contribution in [1.29, 1.82) is 0 Å². The number of carboxylic acid groups (broad SMARTS) is 1. The van der Waals surface area contributed by atoms with E-state index >= 15 is 0 Å². The van der Waals surface area contributed by atoms with Crippen LogP contribution in [-0.2, 0) is 14.3 Å². The lowest BCUT2D eigenvalue weighted by molar-refractivity contribution is -0.160. The van der Waals surface area contributed by atoms with E-state index in [1.165, 1.54) is 0 Å². The van der Waals surface area contributed by atoms with E-state index in [9.17, 15) is 14.7 Å². The van der Waals surface area contributed by atoms with Crippen molar-refractivity contribution in [2.45, 2.75) is 39.7 Å². The van der Waals surface area contributed by atoms with Gasteiger partial charge in [0.1, 0.15) is 25.1 Å². The maximum atomic E-state index is 12.1. The Morgan fingerprint density at radius 3 is 2.30 bits per heavy atom. The van der Waals surface area contributed by atoms with Crippen molar-refractivity contribution >= 4 is 20.4 Å². The predicted molar refractivity (Wildman–Crippen MR) is 104 cm³/mol. The van der Waals surface area contributed by atoms with Gasteiger partial charge in [0.2, 0.25) is 0 Å². The molecule has 0 aromatic heterocycles. The lowest BCUT2D eigenvalue weighted by atomic mass is 9.83. The Balaban J connectivity index is 0.00000218. The second-order valence-electron chi connectivity index (χ2n) is 5.85. The van der Waals surface area contributed by atoms with E-state index in [1.807, 2.05) is 39.0 Å². The van der Waals surface area contributed by atoms with Crippen LogP contribution in [0.3, 0.4) is 0 Å². The van der Waals surface area contributed by atoms with Gasteiger partial charge in [-0.25, -0.2) is 0 Å². The average molecular weight is 375 g/mol. The minimum Gasteiger partial charge on any atom is -0.490 e. The number of aryl methyl sites for hydroxylation is 1. The van der Waals surface area contributed by atoms with Gasteiger partial charge in [-0.15, -0.1) is 0 Å². The van der Waals surface area contributed by atoms with Gasteiger partial charge in [0, 0.05) is 8.41 Å². The molecule has 1 aromatic rings. The van der Waals surface area contributed by atoms with Crippen molar-refractivity contribution in [2.75, 3.05) is 13.2 Å². The van der Waals surface area contributed by atoms with Crippen LogP contribution in [-0.4, -0.2) is 49.9 Å². The molecule has 0 spiro atoms. The minimum atomic E-state index is -1.01. The Kier molecular flexibility index (Phi) is 11.9. The highest BCUT2D eigenvalue weighted by atomic mass is 16.5. The molecule has 2 rings (SSSR count). The highest BCUT2D eigenvalue weighted by Crippen LogP contribution is 2.27. The summed E-state index contributed by atoms with van der Waals surface area (Å²) in [5.74, 6) is -2.43. The summed E-state index contributed by atoms with van der Waals surface area (Å²) in [4.78, 5) is 23.3. The zero-order valence-corrected chi connectivity index (χ0v) is 16.1. The number of hydrogen-bond acceptors (Lipinski definition) is 5. The fourth-order valence-corrected chi connectivity index (χ4v) is 2.59. The molecule has 27 heavy (non-hydrogen) atoms. The number of ether oxygens (including phenoxy) is 2. The van der Waals surface area contributed by atoms with Gasteiger partial charge in [0.25, 0.3) is 0 Å². The molecule has 3 atom stereocenters. The Hall–Kier alpha value is -2.28. The van der Waals surface area contributed by atoms with Crippen LogP contribution in [0, 0.1) is 18.8 Å². The zero-order valence-electron chi connectivity index (χ0n) is 16.1. The van der Waals surface area contributed by atoms with Crippen LogP contribution in [0.25, 0.3) is 0 Å². The van der Waals surface area contributed by atoms with E-state index in [4.69, 9.17) is 14.6 Å². The molecule has 0 heterocycles. The number of hydrogen-bond donors (Lipinski definition) is 2. The number of aliphatic hydroxyl groups is 1. The number of para-hydroxylation sites is 1. The molecule has 3 radical (unpaired) electrons. The molecule has 0 saturated carbocycles. The van der Waals surface area contributed by atoms with E-state index in [2.05, 4.69) is 0 Å². The first-order chi connectivity index (χ1) is 12.5. The van der Waals surface area contributed by atoms with Crippen LogP contribution in [0.1, 0.15) is 32.3 Å². The van der Waals surface area contributed by atoms with Gasteiger partial charge in [0.15, 0.2) is 0 Å². The number of carboxylic acids is 1. The maximum absolute atomic E-state index is 12.1. The number of carbonyl (C=O) groups excluding carboxylic acids is 1. The first-order valence-corrected chi connectivity index (χ1v) is 8.90. The van der Waals surface area contributed by atoms with Crippen molar-refractivity contribution < 1.29 is 29.3 Å². The topological polar surface area (TPSA) is 93.1 Å². The third-order valence-electron chi connectivity index (χ3n) is 4.00. The Labute approximate surface area is 162 Å². The fourth-order valence-electron chi connectivity index (χ4n) is 2.59. The molecular weight excluding hydrogens is 347 g/mol. The normalized spacial score (nSPS) is 19.0. The molecule has 2 N–H and O–H groups in total. The molecule has 0 amide bonds. The van der Waals surface area contributed by atoms with E-state index in [0.717, 1.165) is 5.56 Å². The summed E-state index contributed by atoms with van der Waals surface area (Å²) in [6.45, 7) is 5.66. The van der Waals surface area contributed by atoms with E-state index in [0.29, 0.717) is 18.6 Å². The van der Waals surface area contributed by atoms with Crippen molar-refractivity contribution in [2.24, 2.45) is 11.8 Å². The second-order valence-corrected chi connectivity index (χ2v) is 5.85. The SMILES string of the molecule is CC.Cc1ccccc1OCC(O)COC(=O)C1CC=CCC1C(=O)O.[B]. The summed E-state index contributed by atoms with van der Waals surface area (Å²) in [6.07, 6.45) is 3.21. The molecule has 147 valence electrons. The fraction of sp³-hybridized carbons (Fsp3) is 0.500. The van der Waals surface area contributed by atoms with Crippen molar-refractivity contribution in [1.82, 2.24) is 0 Å². The zero-order chi connectivity index (χ0) is 19.5. The van der Waals surface area contributed by atoms with Gasteiger partial charge in [-0.3, -0.25) is 9.59 Å². The predicted octanol–water partition coefficient (Wildman–Crippen LogP) is 2.59. The van der Waals surface area contributed by atoms with Gasteiger partial charge in [-0.2, -0.15) is 0 Å². The molecule has 1 aliphatic rings. The van der Waals surface area contributed by atoms with Crippen LogP contribution in [0.4, 0.5) is 0 Å². The third kappa shape index (κ3) is 7.87. The molecule has 0 fully saturated rings. The lowest BCUT2D eigenvalue weighted by Crippen LogP contribution is -2.34. The third-order valence-corrected chi connectivity index (χ3v) is 4.00. The summed E-state index contributed by atoms with van der Waals surface area (Å²) in [5, 5.41) is 19.1. The average Bonchev–Trinajstić information content (AvgIpc) is 2.67. The quantitative estimate of drug-likeness (QED) is 0.432. The number of benzene rings is 1. The number of allylic oxidation sites excluding steroid dienone is 2. The monoisotopic (exact) mass is 375 g/mol. The summed E-state index contributed by atoms with van der Waals surface area (Å²) in [5.41, 5.74) is 0.944. The smallest absolute Gasteiger partial charge is 0.310 e. The molecule has 3 unspecified atom stereocenters. The molecule has 7 heteroatoms. The van der Waals surface area contributed by atoms with Gasteiger partial charge >= 0.3 is 11.9 Å². The number of carbonyl (C=O) groups is 2. The number of esters is 1. The molecule has 1 aliphatic carbocycles. The second kappa shape index (κ2) is 13.0. The van der Waals surface area contributed by atoms with Crippen LogP contribution in [0.15, 0.2) is 36.4 Å². The number of rotatable bonds is 7. The van der Waals surface area contributed by atoms with Crippen LogP contribution in [0.5, 0.6) is 5.75 Å². The van der Waals surface area contributed by atoms with Crippen LogP contribution < -0.4 is 4.74 Å². The van der Waals surface area contributed by atoms with Gasteiger partial charge in [-0.05, 0) is 31.4 Å². The van der Waals surface area contributed by atoms with E-state index in [1.54, 1.807) is 18.2 Å². The minimum absolute atomic E-state index is 0. The van der Waals surface area contributed by atoms with Crippen molar-refractivity contribution in [3.8, 4) is 5.75 Å². The summed E-state index contributed by atoms with van der Waals surface area (Å²) >= 11 is 0. The Bertz CT molecular complexity index is 616. The van der Waals surface area contributed by atoms with Gasteiger partial charge in [-0.1, -0.05) is 44.2 Å². The summed E-state index contributed by atoms with van der Waals surface area (Å²) in [7, 11) is 0.